The fourth-order valence-electron chi connectivity index (χ4n) is 5.00. The van der Waals surface area contributed by atoms with Crippen LogP contribution in [-0.4, -0.2) is 27.3 Å². The molecule has 2 aliphatic heterocycles. The van der Waals surface area contributed by atoms with Gasteiger partial charge in [-0.25, -0.2) is 4.98 Å². The number of carbonyl (C=O) groups excluding carboxylic acids is 1. The van der Waals surface area contributed by atoms with Crippen LogP contribution in [0, 0.1) is 13.8 Å². The minimum Gasteiger partial charge on any atom is -0.469 e. The van der Waals surface area contributed by atoms with E-state index in [1.165, 1.54) is 11.9 Å². The van der Waals surface area contributed by atoms with E-state index in [1.54, 1.807) is 0 Å². The summed E-state index contributed by atoms with van der Waals surface area (Å²) in [6.45, 7) is 5.33. The predicted octanol–water partition coefficient (Wildman–Crippen LogP) is 6.36. The average molecular weight is 495 g/mol. The van der Waals surface area contributed by atoms with Crippen molar-refractivity contribution >= 4 is 23.8 Å². The smallest absolute Gasteiger partial charge is 0.254 e. The van der Waals surface area contributed by atoms with Crippen molar-refractivity contribution in [2.45, 2.75) is 37.8 Å². The molecule has 0 spiro atoms. The molecule has 6 rings (SSSR count). The van der Waals surface area contributed by atoms with Crippen LogP contribution >= 0.6 is 11.9 Å². The summed E-state index contributed by atoms with van der Waals surface area (Å²) < 4.78 is 9.86. The van der Waals surface area contributed by atoms with Crippen molar-refractivity contribution in [2.75, 3.05) is 11.3 Å². The van der Waals surface area contributed by atoms with Gasteiger partial charge in [0.1, 0.15) is 6.10 Å². The highest BCUT2D eigenvalue weighted by Gasteiger charge is 2.28. The zero-order valence-corrected chi connectivity index (χ0v) is 21.0. The Morgan fingerprint density at radius 3 is 2.64 bits per heavy atom. The molecule has 1 amide bonds. The molecular formula is C29H26N4O2S. The van der Waals surface area contributed by atoms with Crippen molar-refractivity contribution in [1.29, 1.82) is 0 Å². The summed E-state index contributed by atoms with van der Waals surface area (Å²) in [4.78, 5) is 25.9. The van der Waals surface area contributed by atoms with Gasteiger partial charge in [-0.1, -0.05) is 48.5 Å². The molecule has 4 aromatic rings. The third kappa shape index (κ3) is 4.31. The summed E-state index contributed by atoms with van der Waals surface area (Å²) in [5.74, 6) is 1.00. The Kier molecular flexibility index (Phi) is 5.85. The lowest BCUT2D eigenvalue weighted by Gasteiger charge is -2.22. The fraction of sp³-hybridized carbons (Fsp3) is 0.207. The van der Waals surface area contributed by atoms with Gasteiger partial charge in [0.15, 0.2) is 0 Å². The molecule has 6 nitrogen and oxygen atoms in total. The Morgan fingerprint density at radius 2 is 1.78 bits per heavy atom. The monoisotopic (exact) mass is 494 g/mol. The third-order valence-electron chi connectivity index (χ3n) is 6.76. The summed E-state index contributed by atoms with van der Waals surface area (Å²) in [5.41, 5.74) is 7.05. The lowest BCUT2D eigenvalue weighted by molar-refractivity contribution is 0.0728. The zero-order chi connectivity index (χ0) is 24.6. The van der Waals surface area contributed by atoms with E-state index in [0.29, 0.717) is 36.9 Å². The first-order chi connectivity index (χ1) is 17.5. The molecule has 1 aromatic heterocycles. The van der Waals surface area contributed by atoms with Crippen LogP contribution in [0.25, 0.3) is 11.3 Å². The number of hydrogen-bond donors (Lipinski definition) is 1. The van der Waals surface area contributed by atoms with Gasteiger partial charge in [0.2, 0.25) is 11.8 Å². The fourth-order valence-corrected chi connectivity index (χ4v) is 5.64. The van der Waals surface area contributed by atoms with Gasteiger partial charge in [0.05, 0.1) is 5.69 Å². The van der Waals surface area contributed by atoms with Gasteiger partial charge in [-0.05, 0) is 66.2 Å². The Hall–Kier alpha value is -3.84. The second kappa shape index (κ2) is 9.32. The van der Waals surface area contributed by atoms with Gasteiger partial charge in [-0.15, -0.1) is 0 Å². The Labute approximate surface area is 214 Å². The number of aromatic nitrogens is 2. The Balaban J connectivity index is 1.51. The van der Waals surface area contributed by atoms with Crippen molar-refractivity contribution in [3.8, 4) is 17.1 Å². The SMILES string of the molecule is Cc1cccc(C)c1-c1cc2nc(n1)NSc1cccc(c1)C(=O)N1CCC(O2)c2ccccc2C1. The number of hydrogen-bond acceptors (Lipinski definition) is 6. The van der Waals surface area contributed by atoms with Crippen molar-refractivity contribution in [1.82, 2.24) is 14.9 Å². The first kappa shape index (κ1) is 22.6. The molecule has 0 saturated heterocycles. The van der Waals surface area contributed by atoms with E-state index in [4.69, 9.17) is 14.7 Å². The van der Waals surface area contributed by atoms with Crippen LogP contribution in [0.4, 0.5) is 5.95 Å². The molecule has 6 bridgehead atoms. The lowest BCUT2D eigenvalue weighted by atomic mass is 10.00. The van der Waals surface area contributed by atoms with Crippen LogP contribution in [0.1, 0.15) is 45.1 Å². The van der Waals surface area contributed by atoms with Crippen molar-refractivity contribution in [3.63, 3.8) is 0 Å². The topological polar surface area (TPSA) is 67.4 Å². The van der Waals surface area contributed by atoms with E-state index < -0.39 is 0 Å². The molecule has 0 radical (unpaired) electrons. The first-order valence-corrected chi connectivity index (χ1v) is 12.9. The summed E-state index contributed by atoms with van der Waals surface area (Å²) in [5, 5.41) is 0. The van der Waals surface area contributed by atoms with Gasteiger partial charge in [-0.3, -0.25) is 9.52 Å². The molecule has 3 heterocycles. The summed E-state index contributed by atoms with van der Waals surface area (Å²) in [6, 6.07) is 24.1. The van der Waals surface area contributed by atoms with Gasteiger partial charge in [-0.2, -0.15) is 4.98 Å². The molecule has 36 heavy (non-hydrogen) atoms. The van der Waals surface area contributed by atoms with Crippen LogP contribution in [0.5, 0.6) is 5.88 Å². The largest absolute Gasteiger partial charge is 0.469 e. The summed E-state index contributed by atoms with van der Waals surface area (Å²) >= 11 is 1.38. The highest BCUT2D eigenvalue weighted by molar-refractivity contribution is 8.00. The quantitative estimate of drug-likeness (QED) is 0.311. The zero-order valence-electron chi connectivity index (χ0n) is 20.2. The third-order valence-corrected chi connectivity index (χ3v) is 7.53. The molecule has 0 fully saturated rings. The molecule has 1 atom stereocenters. The first-order valence-electron chi connectivity index (χ1n) is 12.1. The van der Waals surface area contributed by atoms with Crippen LogP contribution in [0.2, 0.25) is 0 Å². The minimum absolute atomic E-state index is 0.0250. The highest BCUT2D eigenvalue weighted by atomic mass is 32.2. The number of ether oxygens (including phenoxy) is 1. The highest BCUT2D eigenvalue weighted by Crippen LogP contribution is 2.35. The van der Waals surface area contributed by atoms with Gasteiger partial charge in [0, 0.05) is 41.6 Å². The number of fused-ring (bicyclic) bond motifs is 9. The lowest BCUT2D eigenvalue weighted by Crippen LogP contribution is -2.31. The van der Waals surface area contributed by atoms with Crippen molar-refractivity contribution in [2.24, 2.45) is 0 Å². The van der Waals surface area contributed by atoms with Crippen molar-refractivity contribution < 1.29 is 9.53 Å². The number of benzene rings is 3. The van der Waals surface area contributed by atoms with Gasteiger partial charge < -0.3 is 9.64 Å². The van der Waals surface area contributed by atoms with Gasteiger partial charge in [0.25, 0.3) is 5.91 Å². The summed E-state index contributed by atoms with van der Waals surface area (Å²) in [6.07, 6.45) is 0.442. The summed E-state index contributed by atoms with van der Waals surface area (Å²) in [7, 11) is 0. The molecule has 1 N–H and O–H groups in total. The number of amides is 1. The molecule has 0 aliphatic carbocycles. The molecule has 7 heteroatoms. The van der Waals surface area contributed by atoms with E-state index >= 15 is 0 Å². The maximum absolute atomic E-state index is 13.5. The maximum Gasteiger partial charge on any atom is 0.254 e. The number of aryl methyl sites for hydroxylation is 2. The molecule has 1 unspecified atom stereocenters. The van der Waals surface area contributed by atoms with E-state index in [1.807, 2.05) is 47.4 Å². The van der Waals surface area contributed by atoms with Crippen molar-refractivity contribution in [3.05, 3.63) is 101 Å². The number of nitrogens with one attached hydrogen (secondary N) is 1. The van der Waals surface area contributed by atoms with Crippen LogP contribution in [0.3, 0.4) is 0 Å². The molecule has 0 saturated carbocycles. The maximum atomic E-state index is 13.5. The van der Waals surface area contributed by atoms with E-state index in [9.17, 15) is 4.79 Å². The predicted molar refractivity (Wildman–Crippen MR) is 142 cm³/mol. The van der Waals surface area contributed by atoms with Crippen LogP contribution in [0.15, 0.2) is 77.7 Å². The minimum atomic E-state index is -0.227. The second-order valence-corrected chi connectivity index (χ2v) is 10.1. The molecule has 3 aromatic carbocycles. The number of rotatable bonds is 1. The number of carbonyl (C=O) groups is 1. The van der Waals surface area contributed by atoms with E-state index in [2.05, 4.69) is 48.9 Å². The molecule has 180 valence electrons. The van der Waals surface area contributed by atoms with Crippen LogP contribution in [-0.2, 0) is 6.54 Å². The Bertz CT molecular complexity index is 1450. The Morgan fingerprint density at radius 1 is 0.972 bits per heavy atom. The standard InChI is InChI=1S/C29H26N4O2S/c1-18-7-5-8-19(2)27(18)24-16-26-31-29(30-24)32-36-22-11-6-10-20(15-22)28(34)33-14-13-25(35-26)23-12-4-3-9-21(23)17-33/h3-12,15-16,25H,13-14,17H2,1-2H3,(H,30,31,32). The van der Waals surface area contributed by atoms with E-state index in [-0.39, 0.29) is 12.0 Å². The second-order valence-electron chi connectivity index (χ2n) is 9.23. The average Bonchev–Trinajstić information content (AvgIpc) is 3.06. The normalized spacial score (nSPS) is 16.9. The van der Waals surface area contributed by atoms with Crippen LogP contribution < -0.4 is 9.46 Å². The van der Waals surface area contributed by atoms with E-state index in [0.717, 1.165) is 38.4 Å². The van der Waals surface area contributed by atoms with Gasteiger partial charge >= 0.3 is 0 Å². The number of anilines is 1. The molecule has 2 aliphatic rings. The molecular weight excluding hydrogens is 468 g/mol. The number of nitrogens with zero attached hydrogens (tertiary/aromatic N) is 3.